The number of hydrogen-bond donors (Lipinski definition) is 2. The van der Waals surface area contributed by atoms with Crippen molar-refractivity contribution in [2.75, 3.05) is 7.05 Å². The van der Waals surface area contributed by atoms with Gasteiger partial charge in [-0.2, -0.15) is 0 Å². The summed E-state index contributed by atoms with van der Waals surface area (Å²) >= 11 is 0. The van der Waals surface area contributed by atoms with E-state index < -0.39 is 12.1 Å². The van der Waals surface area contributed by atoms with Gasteiger partial charge in [0.2, 0.25) is 11.8 Å². The lowest BCUT2D eigenvalue weighted by atomic mass is 9.99. The van der Waals surface area contributed by atoms with E-state index in [0.717, 1.165) is 11.3 Å². The third kappa shape index (κ3) is 2.82. The van der Waals surface area contributed by atoms with Gasteiger partial charge in [-0.15, -0.1) is 0 Å². The number of likely N-dealkylation sites (N-methyl/N-ethyl adjacent to an activating group) is 1. The van der Waals surface area contributed by atoms with Crippen molar-refractivity contribution in [3.63, 3.8) is 0 Å². The van der Waals surface area contributed by atoms with Gasteiger partial charge in [-0.1, -0.05) is 20.3 Å². The molecule has 0 aromatic heterocycles. The summed E-state index contributed by atoms with van der Waals surface area (Å²) in [5, 5.41) is 2.53. The summed E-state index contributed by atoms with van der Waals surface area (Å²) in [6.45, 7) is 3.81. The first-order valence-corrected chi connectivity index (χ1v) is 5.74. The third-order valence-corrected chi connectivity index (χ3v) is 3.26. The highest BCUT2D eigenvalue weighted by atomic mass is 16.2. The van der Waals surface area contributed by atoms with E-state index in [1.54, 1.807) is 0 Å². The van der Waals surface area contributed by atoms with Gasteiger partial charge < -0.3 is 11.1 Å². The molecule has 0 aromatic rings. The maximum Gasteiger partial charge on any atom is 0.252 e. The summed E-state index contributed by atoms with van der Waals surface area (Å²) < 4.78 is 0. The Kier molecular flexibility index (Phi) is 4.22. The van der Waals surface area contributed by atoms with Crippen molar-refractivity contribution in [1.82, 2.24) is 10.2 Å². The Balaban J connectivity index is 2.58. The lowest BCUT2D eigenvalue weighted by Gasteiger charge is -2.19. The molecule has 1 aliphatic rings. The predicted molar refractivity (Wildman–Crippen MR) is 61.8 cm³/mol. The van der Waals surface area contributed by atoms with Gasteiger partial charge in [-0.05, 0) is 5.92 Å². The van der Waals surface area contributed by atoms with E-state index >= 15 is 0 Å². The highest BCUT2D eigenvalue weighted by molar-refractivity contribution is 6.06. The van der Waals surface area contributed by atoms with Gasteiger partial charge in [0, 0.05) is 7.05 Å². The zero-order valence-electron chi connectivity index (χ0n) is 10.4. The van der Waals surface area contributed by atoms with Gasteiger partial charge in [-0.3, -0.25) is 19.3 Å². The van der Waals surface area contributed by atoms with Crippen LogP contribution in [-0.4, -0.2) is 41.8 Å². The molecule has 6 nitrogen and oxygen atoms in total. The number of nitrogens with one attached hydrogen (secondary N) is 1. The fourth-order valence-electron chi connectivity index (χ4n) is 1.65. The van der Waals surface area contributed by atoms with Crippen LogP contribution in [0.4, 0.5) is 0 Å². The van der Waals surface area contributed by atoms with Gasteiger partial charge in [0.25, 0.3) is 5.91 Å². The number of amides is 3. The van der Waals surface area contributed by atoms with Crippen LogP contribution >= 0.6 is 0 Å². The summed E-state index contributed by atoms with van der Waals surface area (Å²) in [6.07, 6.45) is 0.806. The van der Waals surface area contributed by atoms with Crippen LogP contribution in [0.2, 0.25) is 0 Å². The molecule has 0 aliphatic carbocycles. The highest BCUT2D eigenvalue weighted by Gasteiger charge is 2.37. The van der Waals surface area contributed by atoms with Crippen LogP contribution in [0.25, 0.3) is 0 Å². The Morgan fingerprint density at radius 3 is 2.59 bits per heavy atom. The number of carbonyl (C=O) groups is 3. The molecule has 1 unspecified atom stereocenters. The van der Waals surface area contributed by atoms with E-state index in [1.165, 1.54) is 7.05 Å². The lowest BCUT2D eigenvalue weighted by molar-refractivity contribution is -0.138. The van der Waals surface area contributed by atoms with Crippen LogP contribution in [0.3, 0.4) is 0 Å². The summed E-state index contributed by atoms with van der Waals surface area (Å²) in [5.74, 6) is -0.988. The van der Waals surface area contributed by atoms with Crippen molar-refractivity contribution >= 4 is 17.7 Å². The largest absolute Gasteiger partial charge is 0.342 e. The second kappa shape index (κ2) is 5.27. The Morgan fingerprint density at radius 2 is 2.18 bits per heavy atom. The molecule has 1 rings (SSSR count). The minimum Gasteiger partial charge on any atom is -0.342 e. The SMILES string of the molecule is CC[C@H](C)[C@H](N)C(=O)NC1CC(=O)N(C)C1=O. The molecule has 1 fully saturated rings. The number of nitrogens with zero attached hydrogens (tertiary/aromatic N) is 1. The van der Waals surface area contributed by atoms with Crippen LogP contribution in [0.5, 0.6) is 0 Å². The summed E-state index contributed by atoms with van der Waals surface area (Å²) in [7, 11) is 1.41. The van der Waals surface area contributed by atoms with Crippen molar-refractivity contribution in [1.29, 1.82) is 0 Å². The van der Waals surface area contributed by atoms with E-state index in [4.69, 9.17) is 5.73 Å². The number of rotatable bonds is 4. The smallest absolute Gasteiger partial charge is 0.252 e. The molecular formula is C11H19N3O3. The van der Waals surface area contributed by atoms with Crippen molar-refractivity contribution in [3.8, 4) is 0 Å². The minimum atomic E-state index is -0.755. The molecule has 0 spiro atoms. The third-order valence-electron chi connectivity index (χ3n) is 3.26. The van der Waals surface area contributed by atoms with Gasteiger partial charge in [0.05, 0.1) is 12.5 Å². The second-order valence-corrected chi connectivity index (χ2v) is 4.47. The minimum absolute atomic E-state index is 0.0221. The van der Waals surface area contributed by atoms with Crippen molar-refractivity contribution in [3.05, 3.63) is 0 Å². The first kappa shape index (κ1) is 13.6. The molecule has 1 heterocycles. The first-order chi connectivity index (χ1) is 7.88. The Labute approximate surface area is 101 Å². The van der Waals surface area contributed by atoms with Gasteiger partial charge in [-0.25, -0.2) is 0 Å². The fourth-order valence-corrected chi connectivity index (χ4v) is 1.65. The standard InChI is InChI=1S/C11H19N3O3/c1-4-6(2)9(12)10(16)13-7-5-8(15)14(3)11(7)17/h6-7,9H,4-5,12H2,1-3H3,(H,13,16)/t6-,7?,9-/m0/s1. The van der Waals surface area contributed by atoms with Crippen molar-refractivity contribution in [2.45, 2.75) is 38.8 Å². The quantitative estimate of drug-likeness (QED) is 0.632. The van der Waals surface area contributed by atoms with Gasteiger partial charge in [0.1, 0.15) is 6.04 Å². The first-order valence-electron chi connectivity index (χ1n) is 5.74. The molecule has 17 heavy (non-hydrogen) atoms. The monoisotopic (exact) mass is 241 g/mol. The molecule has 3 N–H and O–H groups in total. The van der Waals surface area contributed by atoms with Crippen molar-refractivity contribution in [2.24, 2.45) is 11.7 Å². The molecule has 0 saturated carbocycles. The van der Waals surface area contributed by atoms with E-state index in [0.29, 0.717) is 0 Å². The maximum atomic E-state index is 11.7. The number of nitrogens with two attached hydrogens (primary N) is 1. The maximum absolute atomic E-state index is 11.7. The van der Waals surface area contributed by atoms with E-state index in [1.807, 2.05) is 13.8 Å². The average Bonchev–Trinajstić information content (AvgIpc) is 2.55. The predicted octanol–water partition coefficient (Wildman–Crippen LogP) is -0.767. The normalized spacial score (nSPS) is 23.8. The highest BCUT2D eigenvalue weighted by Crippen LogP contribution is 2.12. The van der Waals surface area contributed by atoms with Crippen molar-refractivity contribution < 1.29 is 14.4 Å². The van der Waals surface area contributed by atoms with E-state index in [2.05, 4.69) is 5.32 Å². The number of imide groups is 1. The zero-order chi connectivity index (χ0) is 13.2. The van der Waals surface area contributed by atoms with Crippen LogP contribution in [0.1, 0.15) is 26.7 Å². The number of hydrogen-bond acceptors (Lipinski definition) is 4. The molecule has 0 bridgehead atoms. The molecule has 6 heteroatoms. The Hall–Kier alpha value is -1.43. The summed E-state index contributed by atoms with van der Waals surface area (Å²) in [5.41, 5.74) is 5.74. The molecule has 0 aromatic carbocycles. The van der Waals surface area contributed by atoms with Crippen LogP contribution < -0.4 is 11.1 Å². The molecule has 3 atom stereocenters. The second-order valence-electron chi connectivity index (χ2n) is 4.47. The van der Waals surface area contributed by atoms with Crippen LogP contribution in [0.15, 0.2) is 0 Å². The molecule has 96 valence electrons. The molecule has 1 saturated heterocycles. The summed E-state index contributed by atoms with van der Waals surface area (Å²) in [6, 6.07) is -1.40. The number of likely N-dealkylation sites (tertiary alicyclic amines) is 1. The van der Waals surface area contributed by atoms with Gasteiger partial charge in [0.15, 0.2) is 0 Å². The molecular weight excluding hydrogens is 222 g/mol. The van der Waals surface area contributed by atoms with E-state index in [-0.39, 0.29) is 30.1 Å². The summed E-state index contributed by atoms with van der Waals surface area (Å²) in [4.78, 5) is 35.6. The lowest BCUT2D eigenvalue weighted by Crippen LogP contribution is -2.50. The fraction of sp³-hybridized carbons (Fsp3) is 0.727. The van der Waals surface area contributed by atoms with Gasteiger partial charge >= 0.3 is 0 Å². The zero-order valence-corrected chi connectivity index (χ0v) is 10.4. The Bertz CT molecular complexity index is 343. The van der Waals surface area contributed by atoms with Crippen LogP contribution in [0, 0.1) is 5.92 Å². The topological polar surface area (TPSA) is 92.5 Å². The van der Waals surface area contributed by atoms with Crippen LogP contribution in [-0.2, 0) is 14.4 Å². The Morgan fingerprint density at radius 1 is 1.59 bits per heavy atom. The van der Waals surface area contributed by atoms with E-state index in [9.17, 15) is 14.4 Å². The molecule has 1 aliphatic heterocycles. The molecule has 0 radical (unpaired) electrons. The average molecular weight is 241 g/mol. The molecule has 3 amide bonds. The number of carbonyl (C=O) groups excluding carboxylic acids is 3.